The van der Waals surface area contributed by atoms with Crippen LogP contribution in [0, 0.1) is 12.8 Å². The van der Waals surface area contributed by atoms with Crippen LogP contribution in [0.3, 0.4) is 0 Å². The first-order valence-corrected chi connectivity index (χ1v) is 10.3. The number of likely N-dealkylation sites (tertiary alicyclic amines) is 1. The lowest BCUT2D eigenvalue weighted by atomic mass is 9.95. The number of ether oxygens (including phenoxy) is 2. The van der Waals surface area contributed by atoms with Crippen LogP contribution in [-0.4, -0.2) is 62.7 Å². The summed E-state index contributed by atoms with van der Waals surface area (Å²) in [6.45, 7) is 6.69. The molecular weight excluding hydrogens is 368 g/mol. The summed E-state index contributed by atoms with van der Waals surface area (Å²) < 4.78 is 16.1. The van der Waals surface area contributed by atoms with Crippen LogP contribution in [0.2, 0.25) is 0 Å². The van der Waals surface area contributed by atoms with Gasteiger partial charge in [-0.3, -0.25) is 9.69 Å². The van der Waals surface area contributed by atoms with Crippen LogP contribution in [0.15, 0.2) is 41.0 Å². The average Bonchev–Trinajstić information content (AvgIpc) is 3.18. The minimum absolute atomic E-state index is 0.0407. The molecule has 1 fully saturated rings. The fourth-order valence-corrected chi connectivity index (χ4v) is 3.93. The molecule has 6 heteroatoms. The highest BCUT2D eigenvalue weighted by molar-refractivity contribution is 5.92. The van der Waals surface area contributed by atoms with Crippen molar-refractivity contribution in [2.75, 3.05) is 47.0 Å². The Kier molecular flexibility index (Phi) is 7.72. The molecule has 0 saturated carbocycles. The molecule has 0 aliphatic carbocycles. The van der Waals surface area contributed by atoms with Crippen LogP contribution >= 0.6 is 0 Å². The summed E-state index contributed by atoms with van der Waals surface area (Å²) in [5.41, 5.74) is 2.10. The van der Waals surface area contributed by atoms with Crippen molar-refractivity contribution in [3.05, 3.63) is 53.5 Å². The maximum atomic E-state index is 12.9. The van der Waals surface area contributed by atoms with E-state index in [4.69, 9.17) is 13.9 Å². The highest BCUT2D eigenvalue weighted by Gasteiger charge is 2.26. The van der Waals surface area contributed by atoms with Gasteiger partial charge in [0.05, 0.1) is 20.0 Å². The minimum Gasteiger partial charge on any atom is -0.496 e. The first-order chi connectivity index (χ1) is 14.1. The molecule has 1 aromatic heterocycles. The zero-order valence-electron chi connectivity index (χ0n) is 17.7. The number of furan rings is 1. The largest absolute Gasteiger partial charge is 0.496 e. The Hall–Kier alpha value is -2.31. The summed E-state index contributed by atoms with van der Waals surface area (Å²) >= 11 is 0. The van der Waals surface area contributed by atoms with Gasteiger partial charge >= 0.3 is 0 Å². The van der Waals surface area contributed by atoms with Crippen LogP contribution in [0.25, 0.3) is 0 Å². The number of rotatable bonds is 9. The number of hydrogen-bond acceptors (Lipinski definition) is 5. The first kappa shape index (κ1) is 21.4. The smallest absolute Gasteiger partial charge is 0.289 e. The zero-order chi connectivity index (χ0) is 20.6. The van der Waals surface area contributed by atoms with E-state index in [1.165, 1.54) is 5.56 Å². The van der Waals surface area contributed by atoms with Gasteiger partial charge in [0.2, 0.25) is 0 Å². The molecule has 1 aliphatic heterocycles. The van der Waals surface area contributed by atoms with Gasteiger partial charge in [0.15, 0.2) is 5.76 Å². The third-order valence-corrected chi connectivity index (χ3v) is 5.68. The number of para-hydroxylation sites is 1. The van der Waals surface area contributed by atoms with Crippen LogP contribution in [0.4, 0.5) is 0 Å². The van der Waals surface area contributed by atoms with Crippen molar-refractivity contribution in [2.45, 2.75) is 26.3 Å². The van der Waals surface area contributed by atoms with E-state index in [0.717, 1.165) is 50.3 Å². The molecule has 0 N–H and O–H groups in total. The molecule has 2 heterocycles. The summed E-state index contributed by atoms with van der Waals surface area (Å²) in [5, 5.41) is 0. The van der Waals surface area contributed by atoms with Gasteiger partial charge < -0.3 is 18.8 Å². The Bertz CT molecular complexity index is 781. The number of nitrogens with zero attached hydrogens (tertiary/aromatic N) is 2. The van der Waals surface area contributed by atoms with Crippen LogP contribution in [0.1, 0.15) is 34.5 Å². The normalized spacial score (nSPS) is 15.4. The van der Waals surface area contributed by atoms with E-state index >= 15 is 0 Å². The summed E-state index contributed by atoms with van der Waals surface area (Å²) in [6.07, 6.45) is 3.72. The molecule has 0 spiro atoms. The van der Waals surface area contributed by atoms with Crippen molar-refractivity contribution in [3.63, 3.8) is 0 Å². The SMILES string of the molecule is COCCN(CC1CCN(Cc2ccccc2OC)CC1)C(=O)c1occc1C. The van der Waals surface area contributed by atoms with Gasteiger partial charge in [0.1, 0.15) is 5.75 Å². The highest BCUT2D eigenvalue weighted by Crippen LogP contribution is 2.24. The van der Waals surface area contributed by atoms with Crippen molar-refractivity contribution in [2.24, 2.45) is 5.92 Å². The predicted molar refractivity (Wildman–Crippen MR) is 112 cm³/mol. The number of piperidine rings is 1. The Balaban J connectivity index is 1.55. The van der Waals surface area contributed by atoms with E-state index in [2.05, 4.69) is 17.0 Å². The lowest BCUT2D eigenvalue weighted by Gasteiger charge is -2.35. The Morgan fingerprint density at radius 3 is 2.62 bits per heavy atom. The molecular formula is C23H32N2O4. The van der Waals surface area contributed by atoms with E-state index in [0.29, 0.717) is 24.8 Å². The number of methoxy groups -OCH3 is 2. The summed E-state index contributed by atoms with van der Waals surface area (Å²) in [7, 11) is 3.38. The summed E-state index contributed by atoms with van der Waals surface area (Å²) in [6, 6.07) is 10.0. The quantitative estimate of drug-likeness (QED) is 0.644. The van der Waals surface area contributed by atoms with Gasteiger partial charge in [0.25, 0.3) is 5.91 Å². The topological polar surface area (TPSA) is 55.2 Å². The van der Waals surface area contributed by atoms with E-state index in [1.54, 1.807) is 20.5 Å². The van der Waals surface area contributed by atoms with E-state index in [1.807, 2.05) is 30.0 Å². The van der Waals surface area contributed by atoms with Crippen molar-refractivity contribution in [1.82, 2.24) is 9.80 Å². The van der Waals surface area contributed by atoms with Gasteiger partial charge in [-0.15, -0.1) is 0 Å². The number of hydrogen-bond donors (Lipinski definition) is 0. The molecule has 1 amide bonds. The fraction of sp³-hybridized carbons (Fsp3) is 0.522. The standard InChI is InChI=1S/C23H32N2O4/c1-18-10-14-29-22(18)23(26)25(13-15-27-2)16-19-8-11-24(12-9-19)17-20-6-4-5-7-21(20)28-3/h4-7,10,14,19H,8-9,11-13,15-17H2,1-3H3. The Labute approximate surface area is 173 Å². The molecule has 3 rings (SSSR count). The van der Waals surface area contributed by atoms with Gasteiger partial charge in [-0.25, -0.2) is 0 Å². The number of amides is 1. The summed E-state index contributed by atoms with van der Waals surface area (Å²) in [4.78, 5) is 17.3. The first-order valence-electron chi connectivity index (χ1n) is 10.3. The second kappa shape index (κ2) is 10.5. The van der Waals surface area contributed by atoms with Crippen molar-refractivity contribution >= 4 is 5.91 Å². The number of carbonyl (C=O) groups is 1. The van der Waals surface area contributed by atoms with Crippen molar-refractivity contribution in [1.29, 1.82) is 0 Å². The number of benzene rings is 1. The molecule has 1 aromatic carbocycles. The predicted octanol–water partition coefficient (Wildman–Crippen LogP) is 3.60. The molecule has 0 bridgehead atoms. The maximum Gasteiger partial charge on any atom is 0.289 e. The minimum atomic E-state index is -0.0407. The molecule has 6 nitrogen and oxygen atoms in total. The van der Waals surface area contributed by atoms with Crippen LogP contribution in [0.5, 0.6) is 5.75 Å². The summed E-state index contributed by atoms with van der Waals surface area (Å²) in [5.74, 6) is 1.83. The Morgan fingerprint density at radius 1 is 1.21 bits per heavy atom. The van der Waals surface area contributed by atoms with Gasteiger partial charge in [0, 0.05) is 37.9 Å². The highest BCUT2D eigenvalue weighted by atomic mass is 16.5. The third kappa shape index (κ3) is 5.61. The van der Waals surface area contributed by atoms with Crippen LogP contribution in [-0.2, 0) is 11.3 Å². The molecule has 0 unspecified atom stereocenters. The lowest BCUT2D eigenvalue weighted by molar-refractivity contribution is 0.0587. The fourth-order valence-electron chi connectivity index (χ4n) is 3.93. The molecule has 158 valence electrons. The Morgan fingerprint density at radius 2 is 1.97 bits per heavy atom. The lowest BCUT2D eigenvalue weighted by Crippen LogP contribution is -2.42. The average molecular weight is 401 g/mol. The zero-order valence-corrected chi connectivity index (χ0v) is 17.7. The van der Waals surface area contributed by atoms with E-state index in [9.17, 15) is 4.79 Å². The molecule has 29 heavy (non-hydrogen) atoms. The van der Waals surface area contributed by atoms with Gasteiger partial charge in [-0.05, 0) is 50.9 Å². The third-order valence-electron chi connectivity index (χ3n) is 5.68. The number of carbonyl (C=O) groups excluding carboxylic acids is 1. The molecule has 1 saturated heterocycles. The van der Waals surface area contributed by atoms with Gasteiger partial charge in [-0.1, -0.05) is 18.2 Å². The second-order valence-electron chi connectivity index (χ2n) is 7.71. The van der Waals surface area contributed by atoms with E-state index < -0.39 is 0 Å². The van der Waals surface area contributed by atoms with Crippen molar-refractivity contribution < 1.29 is 18.7 Å². The van der Waals surface area contributed by atoms with Crippen LogP contribution < -0.4 is 4.74 Å². The second-order valence-corrected chi connectivity index (χ2v) is 7.71. The van der Waals surface area contributed by atoms with Crippen molar-refractivity contribution in [3.8, 4) is 5.75 Å². The van der Waals surface area contributed by atoms with E-state index in [-0.39, 0.29) is 5.91 Å². The molecule has 1 aliphatic rings. The molecule has 2 aromatic rings. The maximum absolute atomic E-state index is 12.9. The molecule has 0 radical (unpaired) electrons. The molecule has 0 atom stereocenters. The van der Waals surface area contributed by atoms with Gasteiger partial charge in [-0.2, -0.15) is 0 Å². The monoisotopic (exact) mass is 400 g/mol. The number of aryl methyl sites for hydroxylation is 1.